The zero-order chi connectivity index (χ0) is 21.9. The van der Waals surface area contributed by atoms with E-state index in [1.54, 1.807) is 0 Å². The highest BCUT2D eigenvalue weighted by Crippen LogP contribution is 2.37. The fourth-order valence-corrected chi connectivity index (χ4v) is 5.04. The monoisotopic (exact) mass is 525 g/mol. The zero-order valence-corrected chi connectivity index (χ0v) is 22.5. The number of aliphatic hydroxyl groups is 1. The predicted molar refractivity (Wildman–Crippen MR) is 127 cm³/mol. The van der Waals surface area contributed by atoms with Gasteiger partial charge in [0.2, 0.25) is 5.88 Å². The molecule has 28 heavy (non-hydrogen) atoms. The summed E-state index contributed by atoms with van der Waals surface area (Å²) in [5.74, 6) is 0.670. The first-order valence-electron chi connectivity index (χ1n) is 10.1. The van der Waals surface area contributed by atoms with Crippen LogP contribution in [0.25, 0.3) is 0 Å². The van der Waals surface area contributed by atoms with Crippen molar-refractivity contribution in [2.24, 2.45) is 0 Å². The van der Waals surface area contributed by atoms with Gasteiger partial charge in [0.15, 0.2) is 8.32 Å². The third kappa shape index (κ3) is 6.17. The van der Waals surface area contributed by atoms with E-state index in [9.17, 15) is 5.11 Å². The molecule has 0 amide bonds. The molecular weight excluding hydrogens is 485 g/mol. The van der Waals surface area contributed by atoms with Gasteiger partial charge in [0.05, 0.1) is 40.7 Å². The maximum absolute atomic E-state index is 9.86. The SMILES string of the molecule is CCOc1nn(CCO[Si](C)(C)C(C)(C)C)c(C(C)(C)N(C)C[C@@H](C)O)c1I. The molecule has 6 nitrogen and oxygen atoms in total. The molecule has 0 aliphatic rings. The normalized spacial score (nSPS) is 14.6. The van der Waals surface area contributed by atoms with Crippen molar-refractivity contribution >= 4 is 30.9 Å². The van der Waals surface area contributed by atoms with Crippen LogP contribution in [0.4, 0.5) is 0 Å². The van der Waals surface area contributed by atoms with Gasteiger partial charge in [-0.25, -0.2) is 0 Å². The van der Waals surface area contributed by atoms with Gasteiger partial charge in [-0.2, -0.15) is 0 Å². The Morgan fingerprint density at radius 1 is 1.25 bits per heavy atom. The van der Waals surface area contributed by atoms with Gasteiger partial charge in [-0.1, -0.05) is 20.8 Å². The summed E-state index contributed by atoms with van der Waals surface area (Å²) in [5.41, 5.74) is 0.783. The van der Waals surface area contributed by atoms with Crippen LogP contribution in [0.2, 0.25) is 18.1 Å². The molecule has 8 heteroatoms. The average molecular weight is 526 g/mol. The van der Waals surface area contributed by atoms with E-state index < -0.39 is 14.4 Å². The smallest absolute Gasteiger partial charge is 0.246 e. The third-order valence-electron chi connectivity index (χ3n) is 5.79. The van der Waals surface area contributed by atoms with E-state index in [4.69, 9.17) is 14.3 Å². The van der Waals surface area contributed by atoms with E-state index in [0.29, 0.717) is 32.2 Å². The van der Waals surface area contributed by atoms with Crippen LogP contribution in [0.1, 0.15) is 54.2 Å². The fraction of sp³-hybridized carbons (Fsp3) is 0.850. The number of ether oxygens (including phenoxy) is 1. The summed E-state index contributed by atoms with van der Waals surface area (Å²) < 4.78 is 15.2. The molecular formula is C20H40IN3O3Si. The van der Waals surface area contributed by atoms with Crippen molar-refractivity contribution in [3.8, 4) is 5.88 Å². The van der Waals surface area contributed by atoms with Gasteiger partial charge in [0.25, 0.3) is 0 Å². The lowest BCUT2D eigenvalue weighted by Gasteiger charge is -2.38. The number of rotatable bonds is 10. The number of nitrogens with zero attached hydrogens (tertiary/aromatic N) is 3. The molecule has 0 fully saturated rings. The fourth-order valence-electron chi connectivity index (χ4n) is 2.80. The van der Waals surface area contributed by atoms with Gasteiger partial charge in [0, 0.05) is 6.54 Å². The first-order chi connectivity index (χ1) is 12.6. The highest BCUT2D eigenvalue weighted by molar-refractivity contribution is 14.1. The largest absolute Gasteiger partial charge is 0.476 e. The Bertz CT molecular complexity index is 639. The standard InChI is InChI=1S/C20H40IN3O3Si/c1-11-26-18-16(21)17(20(6,7)23(8)14-15(2)25)24(22-18)12-13-27-28(9,10)19(3,4)5/h15,25H,11-14H2,1-10H3/t15-/m1/s1. The molecule has 0 bridgehead atoms. The topological polar surface area (TPSA) is 59.8 Å². The summed E-state index contributed by atoms with van der Waals surface area (Å²) in [7, 11) is 0.229. The Labute approximate surface area is 186 Å². The molecule has 0 saturated carbocycles. The summed E-state index contributed by atoms with van der Waals surface area (Å²) >= 11 is 2.33. The van der Waals surface area contributed by atoms with Crippen LogP contribution in [0.3, 0.4) is 0 Å². The van der Waals surface area contributed by atoms with Crippen molar-refractivity contribution in [1.29, 1.82) is 0 Å². The first kappa shape index (κ1) is 25.9. The molecule has 1 heterocycles. The number of likely N-dealkylation sites (N-methyl/N-ethyl adjacent to an activating group) is 1. The van der Waals surface area contributed by atoms with Gasteiger partial charge < -0.3 is 14.3 Å². The van der Waals surface area contributed by atoms with E-state index in [-0.39, 0.29) is 10.6 Å². The molecule has 0 aliphatic carbocycles. The maximum Gasteiger partial charge on any atom is 0.246 e. The van der Waals surface area contributed by atoms with Gasteiger partial charge in [-0.05, 0) is 75.5 Å². The quantitative estimate of drug-likeness (QED) is 0.361. The van der Waals surface area contributed by atoms with Crippen molar-refractivity contribution in [3.05, 3.63) is 9.26 Å². The van der Waals surface area contributed by atoms with E-state index >= 15 is 0 Å². The Morgan fingerprint density at radius 3 is 2.29 bits per heavy atom. The van der Waals surface area contributed by atoms with Crippen LogP contribution in [-0.2, 0) is 16.5 Å². The van der Waals surface area contributed by atoms with Crippen LogP contribution >= 0.6 is 22.6 Å². The van der Waals surface area contributed by atoms with Crippen LogP contribution < -0.4 is 4.74 Å². The molecule has 0 aromatic carbocycles. The van der Waals surface area contributed by atoms with E-state index in [0.717, 1.165) is 9.26 Å². The van der Waals surface area contributed by atoms with Crippen molar-refractivity contribution in [2.45, 2.75) is 84.8 Å². The molecule has 0 saturated heterocycles. The van der Waals surface area contributed by atoms with Crippen LogP contribution in [0.5, 0.6) is 5.88 Å². The molecule has 0 radical (unpaired) electrons. The number of hydrogen-bond acceptors (Lipinski definition) is 5. The summed E-state index contributed by atoms with van der Waals surface area (Å²) in [4.78, 5) is 2.16. The van der Waals surface area contributed by atoms with Crippen LogP contribution in [-0.4, -0.2) is 61.0 Å². The lowest BCUT2D eigenvalue weighted by atomic mass is 9.98. The minimum absolute atomic E-state index is 0.182. The molecule has 1 rings (SSSR count). The maximum atomic E-state index is 9.86. The highest BCUT2D eigenvalue weighted by atomic mass is 127. The van der Waals surface area contributed by atoms with Gasteiger partial charge in [-0.15, -0.1) is 5.10 Å². The lowest BCUT2D eigenvalue weighted by Crippen LogP contribution is -2.44. The first-order valence-corrected chi connectivity index (χ1v) is 14.1. The van der Waals surface area contributed by atoms with E-state index in [2.05, 4.69) is 75.2 Å². The summed E-state index contributed by atoms with van der Waals surface area (Å²) in [6.45, 7) is 21.9. The highest BCUT2D eigenvalue weighted by Gasteiger charge is 2.38. The van der Waals surface area contributed by atoms with Crippen LogP contribution in [0, 0.1) is 3.57 Å². The Balaban J connectivity index is 3.16. The molecule has 1 N–H and O–H groups in total. The Kier molecular flexibility index (Phi) is 9.02. The van der Waals surface area contributed by atoms with Gasteiger partial charge in [0.1, 0.15) is 0 Å². The summed E-state index contributed by atoms with van der Waals surface area (Å²) in [6.07, 6.45) is -0.397. The zero-order valence-electron chi connectivity index (χ0n) is 19.4. The second kappa shape index (κ2) is 9.76. The minimum atomic E-state index is -1.81. The minimum Gasteiger partial charge on any atom is -0.476 e. The van der Waals surface area contributed by atoms with Gasteiger partial charge >= 0.3 is 0 Å². The van der Waals surface area contributed by atoms with Gasteiger partial charge in [-0.3, -0.25) is 9.58 Å². The van der Waals surface area contributed by atoms with E-state index in [1.165, 1.54) is 0 Å². The Morgan fingerprint density at radius 2 is 1.82 bits per heavy atom. The molecule has 1 aromatic rings. The van der Waals surface area contributed by atoms with Crippen molar-refractivity contribution in [1.82, 2.24) is 14.7 Å². The molecule has 0 unspecified atom stereocenters. The summed E-state index contributed by atoms with van der Waals surface area (Å²) in [5, 5.41) is 14.8. The lowest BCUT2D eigenvalue weighted by molar-refractivity contribution is 0.0731. The third-order valence-corrected chi connectivity index (χ3v) is 11.3. The van der Waals surface area contributed by atoms with Crippen molar-refractivity contribution in [3.63, 3.8) is 0 Å². The molecule has 1 aromatic heterocycles. The van der Waals surface area contributed by atoms with Crippen molar-refractivity contribution < 1.29 is 14.3 Å². The van der Waals surface area contributed by atoms with Crippen LogP contribution in [0.15, 0.2) is 0 Å². The average Bonchev–Trinajstić information content (AvgIpc) is 2.82. The Hall–Kier alpha value is -0.163. The second-order valence-corrected chi connectivity index (χ2v) is 15.4. The van der Waals surface area contributed by atoms with E-state index in [1.807, 2.05) is 25.6 Å². The predicted octanol–water partition coefficient (Wildman–Crippen LogP) is 4.46. The number of aromatic nitrogens is 2. The number of halogens is 1. The second-order valence-electron chi connectivity index (χ2n) is 9.52. The number of aliphatic hydroxyl groups excluding tert-OH is 1. The van der Waals surface area contributed by atoms with Crippen molar-refractivity contribution in [2.75, 3.05) is 26.8 Å². The molecule has 1 atom stereocenters. The number of hydrogen-bond donors (Lipinski definition) is 1. The molecule has 0 aliphatic heterocycles. The molecule has 164 valence electrons. The molecule has 0 spiro atoms. The summed E-state index contributed by atoms with van der Waals surface area (Å²) in [6, 6.07) is 0.